The average molecular weight is 805 g/mol. The number of phosphoric acid groups is 1. The average Bonchev–Trinajstić information content (AvgIpc) is 3.13. The van der Waals surface area contributed by atoms with E-state index in [-0.39, 0.29) is 25.8 Å². The lowest BCUT2D eigenvalue weighted by Gasteiger charge is -2.24. The van der Waals surface area contributed by atoms with E-state index in [2.05, 4.69) is 13.8 Å². The Morgan fingerprint density at radius 1 is 0.491 bits per heavy atom. The number of likely N-dealkylation sites (N-methyl/N-ethyl adjacent to an activating group) is 1. The lowest BCUT2D eigenvalue weighted by Crippen LogP contribution is -2.37. The number of ether oxygens (including phenoxy) is 2. The molecule has 0 spiro atoms. The molecule has 2 unspecified atom stereocenters. The molecule has 0 saturated carbocycles. The number of hydrogen-bond acceptors (Lipinski definition) is 6. The number of rotatable bonds is 45. The number of nitrogens with zero attached hydrogens (tertiary/aromatic N) is 1. The van der Waals surface area contributed by atoms with E-state index in [1.165, 1.54) is 180 Å². The fraction of sp³-hybridized carbons (Fsp3) is 0.978. The number of carbonyl (C=O) groups excluding carboxylic acids is 1. The molecule has 0 heterocycles. The van der Waals surface area contributed by atoms with Gasteiger partial charge in [-0.2, -0.15) is 0 Å². The molecule has 0 saturated heterocycles. The van der Waals surface area contributed by atoms with Gasteiger partial charge in [0.1, 0.15) is 19.3 Å². The summed E-state index contributed by atoms with van der Waals surface area (Å²) >= 11 is 0. The highest BCUT2D eigenvalue weighted by atomic mass is 31.2. The van der Waals surface area contributed by atoms with E-state index in [9.17, 15) is 14.3 Å². The van der Waals surface area contributed by atoms with Crippen LogP contribution in [0, 0.1) is 0 Å². The van der Waals surface area contributed by atoms with Crippen LogP contribution in [-0.4, -0.2) is 75.6 Å². The molecular weight excluding hydrogens is 709 g/mol. The highest BCUT2D eigenvalue weighted by Crippen LogP contribution is 2.43. The largest absolute Gasteiger partial charge is 0.472 e. The van der Waals surface area contributed by atoms with Gasteiger partial charge < -0.3 is 18.9 Å². The summed E-state index contributed by atoms with van der Waals surface area (Å²) in [7, 11) is 1.69. The molecule has 0 aliphatic rings. The molecule has 0 aromatic heterocycles. The second-order valence-electron chi connectivity index (χ2n) is 17.5. The standard InChI is InChI=1S/C46H94NO7P/c1-6-8-10-12-14-16-18-19-20-21-22-23-24-25-26-27-28-30-32-34-36-38-41-51-43-45(44-53-55(49,50)52-42-40-47(3,4)5)54-46(48)39-37-35-33-31-29-17-15-13-11-9-7-2/h45H,6-44H2,1-5H3/p+1. The molecule has 9 heteroatoms. The van der Waals surface area contributed by atoms with Gasteiger partial charge in [0.05, 0.1) is 34.4 Å². The molecule has 1 N–H and O–H groups in total. The van der Waals surface area contributed by atoms with Crippen LogP contribution in [0.25, 0.3) is 0 Å². The fourth-order valence-corrected chi connectivity index (χ4v) is 7.71. The zero-order chi connectivity index (χ0) is 40.6. The van der Waals surface area contributed by atoms with E-state index in [0.29, 0.717) is 24.1 Å². The molecule has 0 aromatic rings. The molecule has 0 aromatic carbocycles. The Morgan fingerprint density at radius 2 is 0.836 bits per heavy atom. The third-order valence-corrected chi connectivity index (χ3v) is 11.7. The lowest BCUT2D eigenvalue weighted by molar-refractivity contribution is -0.870. The first-order valence-corrected chi connectivity index (χ1v) is 25.3. The number of hydrogen-bond donors (Lipinski definition) is 1. The molecule has 8 nitrogen and oxygen atoms in total. The van der Waals surface area contributed by atoms with E-state index in [1.807, 2.05) is 21.1 Å². The molecular formula is C46H95NO7P+. The summed E-state index contributed by atoms with van der Waals surface area (Å²) in [6.07, 6.45) is 42.9. The Hall–Kier alpha value is -0.500. The van der Waals surface area contributed by atoms with E-state index < -0.39 is 13.9 Å². The molecule has 0 aliphatic carbocycles. The van der Waals surface area contributed by atoms with Gasteiger partial charge in [0.25, 0.3) is 0 Å². The SMILES string of the molecule is CCCCCCCCCCCCCCCCCCCCCCCCOCC(COP(=O)(O)OCC[N+](C)(C)C)OC(=O)CCCCCCCCCCCCC. The summed E-state index contributed by atoms with van der Waals surface area (Å²) in [5, 5.41) is 0. The van der Waals surface area contributed by atoms with Crippen LogP contribution >= 0.6 is 7.82 Å². The van der Waals surface area contributed by atoms with Gasteiger partial charge in [-0.05, 0) is 12.8 Å². The first-order valence-electron chi connectivity index (χ1n) is 23.8. The van der Waals surface area contributed by atoms with Crippen LogP contribution < -0.4 is 0 Å². The van der Waals surface area contributed by atoms with Crippen LogP contribution in [0.1, 0.15) is 232 Å². The van der Waals surface area contributed by atoms with Crippen molar-refractivity contribution in [2.45, 2.75) is 238 Å². The highest BCUT2D eigenvalue weighted by molar-refractivity contribution is 7.47. The predicted octanol–water partition coefficient (Wildman–Crippen LogP) is 14.1. The quantitative estimate of drug-likeness (QED) is 0.0284. The molecule has 2 atom stereocenters. The van der Waals surface area contributed by atoms with E-state index in [4.69, 9.17) is 18.5 Å². The predicted molar refractivity (Wildman–Crippen MR) is 234 cm³/mol. The van der Waals surface area contributed by atoms with Crippen molar-refractivity contribution in [2.24, 2.45) is 0 Å². The second-order valence-corrected chi connectivity index (χ2v) is 19.0. The molecule has 0 rings (SSSR count). The number of esters is 1. The summed E-state index contributed by atoms with van der Waals surface area (Å²) in [5.74, 6) is -0.309. The zero-order valence-electron chi connectivity index (χ0n) is 37.4. The Kier molecular flexibility index (Phi) is 39.9. The smallest absolute Gasteiger partial charge is 0.457 e. The van der Waals surface area contributed by atoms with Gasteiger partial charge in [0, 0.05) is 13.0 Å². The Morgan fingerprint density at radius 3 is 1.20 bits per heavy atom. The maximum absolute atomic E-state index is 12.7. The maximum atomic E-state index is 12.7. The van der Waals surface area contributed by atoms with Crippen molar-refractivity contribution in [1.82, 2.24) is 0 Å². The molecule has 0 aliphatic heterocycles. The Balaban J connectivity index is 4.04. The normalized spacial score (nSPS) is 13.6. The minimum absolute atomic E-state index is 0.0938. The third-order valence-electron chi connectivity index (χ3n) is 10.7. The summed E-state index contributed by atoms with van der Waals surface area (Å²) in [6.45, 7) is 5.68. The van der Waals surface area contributed by atoms with Crippen LogP contribution in [0.5, 0.6) is 0 Å². The summed E-state index contributed by atoms with van der Waals surface area (Å²) in [6, 6.07) is 0. The minimum Gasteiger partial charge on any atom is -0.457 e. The molecule has 0 fully saturated rings. The number of phosphoric ester groups is 1. The van der Waals surface area contributed by atoms with Crippen LogP contribution in [-0.2, 0) is 27.9 Å². The van der Waals surface area contributed by atoms with Crippen molar-refractivity contribution in [2.75, 3.05) is 54.1 Å². The highest BCUT2D eigenvalue weighted by Gasteiger charge is 2.26. The van der Waals surface area contributed by atoms with Crippen LogP contribution in [0.4, 0.5) is 0 Å². The van der Waals surface area contributed by atoms with Gasteiger partial charge in [0.15, 0.2) is 0 Å². The summed E-state index contributed by atoms with van der Waals surface area (Å²) in [5.41, 5.74) is 0. The summed E-state index contributed by atoms with van der Waals surface area (Å²) in [4.78, 5) is 22.9. The zero-order valence-corrected chi connectivity index (χ0v) is 38.3. The number of quaternary nitrogens is 1. The van der Waals surface area contributed by atoms with E-state index in [0.717, 1.165) is 32.1 Å². The van der Waals surface area contributed by atoms with Gasteiger partial charge in [-0.15, -0.1) is 0 Å². The summed E-state index contributed by atoms with van der Waals surface area (Å²) < 4.78 is 35.0. The fourth-order valence-electron chi connectivity index (χ4n) is 6.97. The topological polar surface area (TPSA) is 91.3 Å². The van der Waals surface area contributed by atoms with Gasteiger partial charge >= 0.3 is 13.8 Å². The van der Waals surface area contributed by atoms with Crippen molar-refractivity contribution in [3.8, 4) is 0 Å². The monoisotopic (exact) mass is 805 g/mol. The third kappa shape index (κ3) is 44.4. The van der Waals surface area contributed by atoms with Gasteiger partial charge in [-0.1, -0.05) is 213 Å². The molecule has 0 amide bonds. The second kappa shape index (κ2) is 40.3. The van der Waals surface area contributed by atoms with Crippen molar-refractivity contribution in [3.63, 3.8) is 0 Å². The minimum atomic E-state index is -4.26. The van der Waals surface area contributed by atoms with E-state index in [1.54, 1.807) is 0 Å². The number of unbranched alkanes of at least 4 members (excludes halogenated alkanes) is 31. The first kappa shape index (κ1) is 54.5. The number of carbonyl (C=O) groups is 1. The lowest BCUT2D eigenvalue weighted by atomic mass is 10.0. The Labute approximate surface area is 342 Å². The van der Waals surface area contributed by atoms with Crippen molar-refractivity contribution in [3.05, 3.63) is 0 Å². The van der Waals surface area contributed by atoms with Gasteiger partial charge in [-0.3, -0.25) is 13.8 Å². The van der Waals surface area contributed by atoms with Gasteiger partial charge in [-0.25, -0.2) is 4.57 Å². The van der Waals surface area contributed by atoms with Crippen LogP contribution in [0.15, 0.2) is 0 Å². The van der Waals surface area contributed by atoms with Gasteiger partial charge in [0.2, 0.25) is 0 Å². The van der Waals surface area contributed by atoms with Crippen molar-refractivity contribution in [1.29, 1.82) is 0 Å². The molecule has 55 heavy (non-hydrogen) atoms. The van der Waals surface area contributed by atoms with Crippen molar-refractivity contribution >= 4 is 13.8 Å². The maximum Gasteiger partial charge on any atom is 0.472 e. The first-order chi connectivity index (χ1) is 26.6. The van der Waals surface area contributed by atoms with E-state index >= 15 is 0 Å². The van der Waals surface area contributed by atoms with Crippen LogP contribution in [0.3, 0.4) is 0 Å². The van der Waals surface area contributed by atoms with Crippen LogP contribution in [0.2, 0.25) is 0 Å². The molecule has 0 radical (unpaired) electrons. The Bertz CT molecular complexity index is 853. The molecule has 330 valence electrons. The molecule has 0 bridgehead atoms. The van der Waals surface area contributed by atoms with Crippen molar-refractivity contribution < 1.29 is 37.3 Å².